The molecule has 3 aromatic heterocycles. The van der Waals surface area contributed by atoms with Gasteiger partial charge in [-0.1, -0.05) is 109 Å². The van der Waals surface area contributed by atoms with Crippen LogP contribution in [0.5, 0.6) is 0 Å². The summed E-state index contributed by atoms with van der Waals surface area (Å²) >= 11 is 0. The Balaban J connectivity index is 1.05. The molecule has 356 valence electrons. The molecule has 4 amide bonds. The summed E-state index contributed by atoms with van der Waals surface area (Å²) in [7, 11) is 1.29. The van der Waals surface area contributed by atoms with Gasteiger partial charge in [0.15, 0.2) is 0 Å². The van der Waals surface area contributed by atoms with Crippen molar-refractivity contribution < 1.29 is 29.0 Å². The van der Waals surface area contributed by atoms with Crippen LogP contribution in [0.15, 0.2) is 97.3 Å². The second-order valence-electron chi connectivity index (χ2n) is 19.6. The molecule has 2 aliphatic heterocycles. The van der Waals surface area contributed by atoms with E-state index in [0.29, 0.717) is 24.7 Å². The minimum Gasteiger partial charge on any atom is -0.465 e. The summed E-state index contributed by atoms with van der Waals surface area (Å²) in [5.41, 5.74) is 9.69. The van der Waals surface area contributed by atoms with Crippen LogP contribution >= 0.6 is 0 Å². The van der Waals surface area contributed by atoms with E-state index in [2.05, 4.69) is 131 Å². The number of hydrogen-bond donors (Lipinski definition) is 5. The number of nitrogens with one attached hydrogen (secondary N) is 4. The molecular weight excluding hydrogens is 859 g/mol. The Kier molecular flexibility index (Phi) is 13.6. The number of nitrogens with zero attached hydrogens (tertiary/aromatic N) is 5. The van der Waals surface area contributed by atoms with Crippen molar-refractivity contribution in [3.63, 3.8) is 0 Å². The molecule has 6 aromatic rings. The first kappa shape index (κ1) is 47.3. The number of carboxylic acid groups (broad SMARTS) is 1. The summed E-state index contributed by atoms with van der Waals surface area (Å²) in [5.74, 6) is 0.690. The zero-order chi connectivity index (χ0) is 48.4. The standard InChI is InChI=1S/C53H63N9O6/c1-31(2)45(58-51(65)66)49(63)60-26-10-14-43(60)47-54-29-39(56-47)33-16-20-35(21-17-33)41-24-25-42(62(41)38-13-9-12-37(28-38)53(5,6)7)36-22-18-34(19-23-36)40-30-55-48(57-40)44-15-11-27-61(44)50(64)46(32(3)4)59-52(67)68-8/h9,12-13,16-25,28-32,43-46,58H,10-11,14-15,26-27H2,1-8H3,(H,54,56)(H,55,57)(H,59,67)(H,65,66)/t43-,44-,45-,46-/m0/s1. The van der Waals surface area contributed by atoms with E-state index in [1.165, 1.54) is 12.7 Å². The Morgan fingerprint density at radius 3 is 1.56 bits per heavy atom. The van der Waals surface area contributed by atoms with E-state index in [1.54, 1.807) is 4.90 Å². The third-order valence-electron chi connectivity index (χ3n) is 13.3. The van der Waals surface area contributed by atoms with E-state index in [-0.39, 0.29) is 41.1 Å². The van der Waals surface area contributed by atoms with E-state index in [9.17, 15) is 24.3 Å². The van der Waals surface area contributed by atoms with Gasteiger partial charge in [-0.05, 0) is 83.9 Å². The first-order valence-corrected chi connectivity index (χ1v) is 23.6. The molecule has 8 rings (SSSR count). The molecule has 2 saturated heterocycles. The third-order valence-corrected chi connectivity index (χ3v) is 13.3. The number of likely N-dealkylation sites (tertiary alicyclic amines) is 2. The summed E-state index contributed by atoms with van der Waals surface area (Å²) < 4.78 is 7.11. The third kappa shape index (κ3) is 9.78. The SMILES string of the molecule is COC(=O)N[C@H](C(=O)N1CCC[C@H]1c1nc(-c2ccc(-c3ccc(-c4ccc(-c5c[nH]c([C@@H]6CCCN6C(=O)[C@@H](NC(=O)O)C(C)C)n5)cc4)n3-c3cccc(C(C)(C)C)c3)cc2)c[nH]1)C(C)C. The van der Waals surface area contributed by atoms with Gasteiger partial charge in [0.1, 0.15) is 23.7 Å². The van der Waals surface area contributed by atoms with Gasteiger partial charge in [-0.2, -0.15) is 0 Å². The van der Waals surface area contributed by atoms with Crippen LogP contribution in [0.4, 0.5) is 9.59 Å². The second-order valence-corrected chi connectivity index (χ2v) is 19.6. The van der Waals surface area contributed by atoms with Gasteiger partial charge in [-0.25, -0.2) is 19.6 Å². The predicted molar refractivity (Wildman–Crippen MR) is 262 cm³/mol. The summed E-state index contributed by atoms with van der Waals surface area (Å²) in [6, 6.07) is 27.7. The lowest BCUT2D eigenvalue weighted by molar-refractivity contribution is -0.136. The van der Waals surface area contributed by atoms with Gasteiger partial charge in [-0.15, -0.1) is 0 Å². The maximum Gasteiger partial charge on any atom is 0.407 e. The van der Waals surface area contributed by atoms with Gasteiger partial charge < -0.3 is 44.8 Å². The van der Waals surface area contributed by atoms with Crippen molar-refractivity contribution in [1.82, 2.24) is 44.9 Å². The fourth-order valence-corrected chi connectivity index (χ4v) is 9.54. The number of imidazole rings is 2. The fraction of sp³-hybridized carbons (Fsp3) is 0.396. The van der Waals surface area contributed by atoms with Crippen LogP contribution in [0.1, 0.15) is 103 Å². The fourth-order valence-electron chi connectivity index (χ4n) is 9.54. The monoisotopic (exact) mass is 921 g/mol. The van der Waals surface area contributed by atoms with Gasteiger partial charge in [-0.3, -0.25) is 9.59 Å². The lowest BCUT2D eigenvalue weighted by atomic mass is 9.87. The Hall–Kier alpha value is -7.16. The van der Waals surface area contributed by atoms with Crippen LogP contribution in [0.2, 0.25) is 0 Å². The largest absolute Gasteiger partial charge is 0.465 e. The normalized spacial score (nSPS) is 17.1. The molecule has 2 fully saturated rings. The zero-order valence-electron chi connectivity index (χ0n) is 40.2. The van der Waals surface area contributed by atoms with Crippen molar-refractivity contribution in [1.29, 1.82) is 0 Å². The Morgan fingerprint density at radius 2 is 1.13 bits per heavy atom. The molecule has 0 saturated carbocycles. The molecule has 0 aliphatic carbocycles. The number of methoxy groups -OCH3 is 1. The van der Waals surface area contributed by atoms with E-state index in [1.807, 2.05) is 45.0 Å². The van der Waals surface area contributed by atoms with Crippen LogP contribution in [0.3, 0.4) is 0 Å². The highest BCUT2D eigenvalue weighted by Crippen LogP contribution is 2.38. The first-order chi connectivity index (χ1) is 32.5. The number of amides is 4. The van der Waals surface area contributed by atoms with E-state index in [0.717, 1.165) is 76.4 Å². The number of benzene rings is 3. The maximum absolute atomic E-state index is 13.7. The Labute approximate surface area is 397 Å². The van der Waals surface area contributed by atoms with Crippen molar-refractivity contribution >= 4 is 24.0 Å². The number of rotatable bonds is 13. The molecule has 3 aromatic carbocycles. The molecule has 5 N–H and O–H groups in total. The van der Waals surface area contributed by atoms with E-state index >= 15 is 0 Å². The first-order valence-electron chi connectivity index (χ1n) is 23.6. The second kappa shape index (κ2) is 19.6. The molecule has 2 aliphatic rings. The van der Waals surface area contributed by atoms with Crippen molar-refractivity contribution in [3.8, 4) is 50.7 Å². The minimum absolute atomic E-state index is 0.0647. The smallest absolute Gasteiger partial charge is 0.407 e. The number of carbonyl (C=O) groups is 4. The van der Waals surface area contributed by atoms with E-state index < -0.39 is 24.3 Å². The summed E-state index contributed by atoms with van der Waals surface area (Å²) in [5, 5.41) is 14.5. The number of carbonyl (C=O) groups excluding carboxylic acids is 3. The minimum atomic E-state index is -1.22. The number of hydrogen-bond acceptors (Lipinski definition) is 7. The number of aromatic nitrogens is 5. The lowest BCUT2D eigenvalue weighted by Gasteiger charge is -2.29. The highest BCUT2D eigenvalue weighted by atomic mass is 16.5. The molecule has 15 heteroatoms. The van der Waals surface area contributed by atoms with Crippen LogP contribution in [0, 0.1) is 11.8 Å². The summed E-state index contributed by atoms with van der Waals surface area (Å²) in [4.78, 5) is 71.1. The van der Waals surface area contributed by atoms with Crippen LogP contribution in [-0.2, 0) is 19.7 Å². The van der Waals surface area contributed by atoms with Crippen LogP contribution < -0.4 is 10.6 Å². The summed E-state index contributed by atoms with van der Waals surface area (Å²) in [6.45, 7) is 15.3. The molecule has 68 heavy (non-hydrogen) atoms. The molecule has 0 radical (unpaired) electrons. The van der Waals surface area contributed by atoms with Gasteiger partial charge >= 0.3 is 12.2 Å². The maximum atomic E-state index is 13.7. The molecule has 15 nitrogen and oxygen atoms in total. The molecule has 0 bridgehead atoms. The van der Waals surface area contributed by atoms with Gasteiger partial charge in [0.25, 0.3) is 0 Å². The summed E-state index contributed by atoms with van der Waals surface area (Å²) in [6.07, 6.45) is 5.05. The highest BCUT2D eigenvalue weighted by molar-refractivity contribution is 5.87. The Bertz CT molecular complexity index is 2760. The average molecular weight is 922 g/mol. The molecular formula is C53H63N9O6. The number of alkyl carbamates (subject to hydrolysis) is 1. The van der Waals surface area contributed by atoms with Crippen molar-refractivity contribution in [2.75, 3.05) is 20.2 Å². The highest BCUT2D eigenvalue weighted by Gasteiger charge is 2.39. The number of ether oxygens (including phenoxy) is 1. The van der Waals surface area contributed by atoms with Gasteiger partial charge in [0.05, 0.1) is 42.0 Å². The van der Waals surface area contributed by atoms with Crippen molar-refractivity contribution in [3.05, 3.63) is 115 Å². The van der Waals surface area contributed by atoms with Crippen molar-refractivity contribution in [2.24, 2.45) is 11.8 Å². The van der Waals surface area contributed by atoms with Crippen LogP contribution in [-0.4, -0.2) is 95.7 Å². The lowest BCUT2D eigenvalue weighted by Crippen LogP contribution is -2.51. The molecule has 0 spiro atoms. The average Bonchev–Trinajstić information content (AvgIpc) is 4.18. The molecule has 5 heterocycles. The topological polar surface area (TPSA) is 191 Å². The Morgan fingerprint density at radius 1 is 0.676 bits per heavy atom. The predicted octanol–water partition coefficient (Wildman–Crippen LogP) is 9.89. The molecule has 4 atom stereocenters. The van der Waals surface area contributed by atoms with Crippen molar-refractivity contribution in [2.45, 2.75) is 104 Å². The van der Waals surface area contributed by atoms with E-state index in [4.69, 9.17) is 14.7 Å². The molecule has 0 unspecified atom stereocenters. The zero-order valence-corrected chi connectivity index (χ0v) is 40.2. The number of H-pyrrole nitrogens is 2. The van der Waals surface area contributed by atoms with Crippen LogP contribution in [0.25, 0.3) is 50.7 Å². The quantitative estimate of drug-likeness (QED) is 0.0756. The van der Waals surface area contributed by atoms with Gasteiger partial charge in [0.2, 0.25) is 11.8 Å². The number of aromatic amines is 2. The van der Waals surface area contributed by atoms with Gasteiger partial charge in [0, 0.05) is 42.3 Å².